The summed E-state index contributed by atoms with van der Waals surface area (Å²) in [5.74, 6) is -1.47. The standard InChI is InChI=1S/C13H16N2O4S/c1-2-4-8(11-5-3-6-20-11)14-12(16)10-7-9(13(17)18)15-19-10/h3,5-6,8,10H,2,4,7H2,1H3,(H,14,16)(H,17,18). The van der Waals surface area contributed by atoms with E-state index >= 15 is 0 Å². The van der Waals surface area contributed by atoms with Crippen molar-refractivity contribution in [2.24, 2.45) is 5.16 Å². The van der Waals surface area contributed by atoms with Crippen LogP contribution in [0.4, 0.5) is 0 Å². The molecular weight excluding hydrogens is 280 g/mol. The highest BCUT2D eigenvalue weighted by atomic mass is 32.1. The van der Waals surface area contributed by atoms with Crippen LogP contribution in [0.5, 0.6) is 0 Å². The van der Waals surface area contributed by atoms with Gasteiger partial charge in [0, 0.05) is 11.3 Å². The first-order valence-electron chi connectivity index (χ1n) is 6.41. The first kappa shape index (κ1) is 14.5. The third kappa shape index (κ3) is 3.36. The lowest BCUT2D eigenvalue weighted by Crippen LogP contribution is -2.37. The van der Waals surface area contributed by atoms with Gasteiger partial charge in [-0.15, -0.1) is 11.3 Å². The average molecular weight is 296 g/mol. The van der Waals surface area contributed by atoms with Gasteiger partial charge < -0.3 is 15.3 Å². The van der Waals surface area contributed by atoms with Crippen molar-refractivity contribution < 1.29 is 19.5 Å². The minimum absolute atomic E-state index is 0.00442. The van der Waals surface area contributed by atoms with Gasteiger partial charge in [0.1, 0.15) is 0 Å². The molecule has 108 valence electrons. The molecule has 1 aromatic heterocycles. The highest BCUT2D eigenvalue weighted by Crippen LogP contribution is 2.24. The summed E-state index contributed by atoms with van der Waals surface area (Å²) in [5, 5.41) is 17.1. The molecule has 0 spiro atoms. The van der Waals surface area contributed by atoms with Crippen LogP contribution >= 0.6 is 11.3 Å². The summed E-state index contributed by atoms with van der Waals surface area (Å²) in [5.41, 5.74) is -0.117. The number of hydrogen-bond acceptors (Lipinski definition) is 5. The molecule has 1 aromatic rings. The van der Waals surface area contributed by atoms with Crippen molar-refractivity contribution in [1.82, 2.24) is 5.32 Å². The number of carboxylic acid groups (broad SMARTS) is 1. The zero-order valence-corrected chi connectivity index (χ0v) is 11.9. The second-order valence-corrected chi connectivity index (χ2v) is 5.49. The number of rotatable bonds is 6. The average Bonchev–Trinajstić information content (AvgIpc) is 3.09. The van der Waals surface area contributed by atoms with E-state index in [1.165, 1.54) is 0 Å². The molecule has 1 aliphatic heterocycles. The number of thiophene rings is 1. The maximum Gasteiger partial charge on any atom is 0.353 e. The smallest absolute Gasteiger partial charge is 0.353 e. The maximum absolute atomic E-state index is 12.1. The minimum atomic E-state index is -1.15. The van der Waals surface area contributed by atoms with E-state index in [9.17, 15) is 9.59 Å². The van der Waals surface area contributed by atoms with E-state index in [1.807, 2.05) is 24.4 Å². The SMILES string of the molecule is CCCC(NC(=O)C1CC(C(=O)O)=NO1)c1cccs1. The van der Waals surface area contributed by atoms with Gasteiger partial charge in [0.25, 0.3) is 5.91 Å². The van der Waals surface area contributed by atoms with E-state index in [2.05, 4.69) is 10.5 Å². The fourth-order valence-electron chi connectivity index (χ4n) is 1.97. The van der Waals surface area contributed by atoms with Crippen LogP contribution in [0.1, 0.15) is 37.1 Å². The lowest BCUT2D eigenvalue weighted by atomic mass is 10.1. The number of hydrogen-bond donors (Lipinski definition) is 2. The van der Waals surface area contributed by atoms with Crippen LogP contribution in [-0.4, -0.2) is 28.8 Å². The fourth-order valence-corrected chi connectivity index (χ4v) is 2.79. The van der Waals surface area contributed by atoms with Crippen molar-refractivity contribution >= 4 is 28.9 Å². The molecule has 0 aromatic carbocycles. The van der Waals surface area contributed by atoms with Gasteiger partial charge in [-0.2, -0.15) is 0 Å². The molecule has 2 N–H and O–H groups in total. The molecule has 1 aliphatic rings. The first-order valence-corrected chi connectivity index (χ1v) is 7.29. The zero-order valence-electron chi connectivity index (χ0n) is 11.0. The van der Waals surface area contributed by atoms with Crippen LogP contribution in [-0.2, 0) is 14.4 Å². The summed E-state index contributed by atoms with van der Waals surface area (Å²) in [6.45, 7) is 2.05. The van der Waals surface area contributed by atoms with Crippen LogP contribution in [0.3, 0.4) is 0 Å². The Kier molecular flexibility index (Phi) is 4.73. The van der Waals surface area contributed by atoms with Crippen molar-refractivity contribution in [2.75, 3.05) is 0 Å². The maximum atomic E-state index is 12.1. The molecule has 0 bridgehead atoms. The third-order valence-corrected chi connectivity index (χ3v) is 3.97. The molecular formula is C13H16N2O4S. The molecule has 6 nitrogen and oxygen atoms in total. The van der Waals surface area contributed by atoms with Gasteiger partial charge >= 0.3 is 5.97 Å². The second kappa shape index (κ2) is 6.51. The number of amides is 1. The normalized spacial score (nSPS) is 19.1. The van der Waals surface area contributed by atoms with Crippen molar-refractivity contribution in [3.05, 3.63) is 22.4 Å². The second-order valence-electron chi connectivity index (χ2n) is 4.51. The molecule has 2 unspecified atom stereocenters. The van der Waals surface area contributed by atoms with Gasteiger partial charge in [-0.25, -0.2) is 4.79 Å². The lowest BCUT2D eigenvalue weighted by Gasteiger charge is -2.18. The zero-order chi connectivity index (χ0) is 14.5. The molecule has 2 heterocycles. The summed E-state index contributed by atoms with van der Waals surface area (Å²) in [6, 6.07) is 3.84. The lowest BCUT2D eigenvalue weighted by molar-refractivity contribution is -0.132. The highest BCUT2D eigenvalue weighted by Gasteiger charge is 2.32. The van der Waals surface area contributed by atoms with E-state index in [0.29, 0.717) is 0 Å². The predicted molar refractivity (Wildman–Crippen MR) is 74.7 cm³/mol. The Morgan fingerprint density at radius 1 is 1.65 bits per heavy atom. The van der Waals surface area contributed by atoms with Gasteiger partial charge in [0.05, 0.1) is 6.04 Å². The van der Waals surface area contributed by atoms with Crippen molar-refractivity contribution in [2.45, 2.75) is 38.3 Å². The number of carboxylic acids is 1. The Hall–Kier alpha value is -1.89. The number of oxime groups is 1. The molecule has 20 heavy (non-hydrogen) atoms. The Morgan fingerprint density at radius 2 is 2.45 bits per heavy atom. The van der Waals surface area contributed by atoms with Crippen LogP contribution in [0.2, 0.25) is 0 Å². The number of carbonyl (C=O) groups excluding carboxylic acids is 1. The summed E-state index contributed by atoms with van der Waals surface area (Å²) in [6.07, 6.45) is 0.918. The first-order chi connectivity index (χ1) is 9.61. The molecule has 0 saturated heterocycles. The topological polar surface area (TPSA) is 88.0 Å². The Labute approximate surface area is 120 Å². The van der Waals surface area contributed by atoms with Crippen molar-refractivity contribution in [1.29, 1.82) is 0 Å². The molecule has 2 atom stereocenters. The third-order valence-electron chi connectivity index (χ3n) is 2.99. The summed E-state index contributed by atoms with van der Waals surface area (Å²) >= 11 is 1.58. The van der Waals surface area contributed by atoms with Gasteiger partial charge in [0.2, 0.25) is 6.10 Å². The molecule has 0 fully saturated rings. The van der Waals surface area contributed by atoms with Crippen LogP contribution in [0, 0.1) is 0 Å². The quantitative estimate of drug-likeness (QED) is 0.839. The van der Waals surface area contributed by atoms with Gasteiger partial charge in [0.15, 0.2) is 5.71 Å². The van der Waals surface area contributed by atoms with Gasteiger partial charge in [-0.1, -0.05) is 24.6 Å². The van der Waals surface area contributed by atoms with Gasteiger partial charge in [-0.05, 0) is 17.9 Å². The van der Waals surface area contributed by atoms with E-state index in [4.69, 9.17) is 9.94 Å². The largest absolute Gasteiger partial charge is 0.477 e. The Morgan fingerprint density at radius 3 is 3.00 bits per heavy atom. The Bertz CT molecular complexity index is 512. The van der Waals surface area contributed by atoms with E-state index in [1.54, 1.807) is 11.3 Å². The van der Waals surface area contributed by atoms with Crippen LogP contribution in [0.15, 0.2) is 22.7 Å². The summed E-state index contributed by atoms with van der Waals surface area (Å²) < 4.78 is 0. The van der Waals surface area contributed by atoms with Crippen LogP contribution in [0.25, 0.3) is 0 Å². The summed E-state index contributed by atoms with van der Waals surface area (Å²) in [7, 11) is 0. The summed E-state index contributed by atoms with van der Waals surface area (Å²) in [4.78, 5) is 28.8. The number of nitrogens with one attached hydrogen (secondary N) is 1. The highest BCUT2D eigenvalue weighted by molar-refractivity contribution is 7.10. The van der Waals surface area contributed by atoms with Crippen molar-refractivity contribution in [3.8, 4) is 0 Å². The van der Waals surface area contributed by atoms with Crippen molar-refractivity contribution in [3.63, 3.8) is 0 Å². The Balaban J connectivity index is 1.95. The molecule has 2 rings (SSSR count). The van der Waals surface area contributed by atoms with Crippen LogP contribution < -0.4 is 5.32 Å². The number of aliphatic carboxylic acids is 1. The predicted octanol–water partition coefficient (Wildman–Crippen LogP) is 1.93. The minimum Gasteiger partial charge on any atom is -0.477 e. The fraction of sp³-hybridized carbons (Fsp3) is 0.462. The molecule has 0 aliphatic carbocycles. The van der Waals surface area contributed by atoms with E-state index in [-0.39, 0.29) is 24.1 Å². The van der Waals surface area contributed by atoms with E-state index in [0.717, 1.165) is 17.7 Å². The van der Waals surface area contributed by atoms with Gasteiger partial charge in [-0.3, -0.25) is 4.79 Å². The molecule has 0 saturated carbocycles. The monoisotopic (exact) mass is 296 g/mol. The number of nitrogens with zero attached hydrogens (tertiary/aromatic N) is 1. The molecule has 7 heteroatoms. The number of carbonyl (C=O) groups is 2. The van der Waals surface area contributed by atoms with E-state index < -0.39 is 12.1 Å². The molecule has 1 amide bonds. The molecule has 0 radical (unpaired) electrons.